The molecule has 0 fully saturated rings. The van der Waals surface area contributed by atoms with Crippen molar-refractivity contribution in [2.45, 2.75) is 0 Å². The molecule has 0 unspecified atom stereocenters. The van der Waals surface area contributed by atoms with Gasteiger partial charge in [-0.3, -0.25) is 0 Å². The van der Waals surface area contributed by atoms with E-state index >= 15 is 0 Å². The van der Waals surface area contributed by atoms with Crippen molar-refractivity contribution in [3.05, 3.63) is 40.2 Å². The third kappa shape index (κ3) is 1.36. The zero-order valence-electron chi connectivity index (χ0n) is 6.20. The van der Waals surface area contributed by atoms with E-state index in [0.29, 0.717) is 0 Å². The molecule has 0 spiro atoms. The average molecular weight is 271 g/mol. The number of hydrogen-bond donors (Lipinski definition) is 0. The molecular weight excluding hydrogens is 265 g/mol. The molecule has 0 aliphatic heterocycles. The summed E-state index contributed by atoms with van der Waals surface area (Å²) in [6.45, 7) is 0. The summed E-state index contributed by atoms with van der Waals surface area (Å²) in [6, 6.07) is 9.98. The van der Waals surface area contributed by atoms with Crippen LogP contribution in [0.5, 0.6) is 0 Å². The Labute approximate surface area is 83.7 Å². The molecule has 0 atom stereocenters. The third-order valence-corrected chi connectivity index (χ3v) is 2.34. The lowest BCUT2D eigenvalue weighted by Gasteiger charge is -1.93. The molecule has 2 rings (SSSR count). The molecule has 0 N–H and O–H groups in total. The predicted octanol–water partition coefficient (Wildman–Crippen LogP) is 2.95. The lowest BCUT2D eigenvalue weighted by atomic mass is 10.2. The number of aromatic nitrogens is 1. The minimum Gasteiger partial charge on any atom is -0.363 e. The molecular formula is C9H6INO. The van der Waals surface area contributed by atoms with Crippen LogP contribution in [0.25, 0.3) is 11.3 Å². The molecule has 1 aromatic heterocycles. The zero-order valence-corrected chi connectivity index (χ0v) is 8.36. The molecule has 0 saturated carbocycles. The van der Waals surface area contributed by atoms with E-state index in [1.807, 2.05) is 30.3 Å². The van der Waals surface area contributed by atoms with Crippen LogP contribution < -0.4 is 0 Å². The Balaban J connectivity index is 2.51. The van der Waals surface area contributed by atoms with Gasteiger partial charge in [0.2, 0.25) is 0 Å². The second-order valence-electron chi connectivity index (χ2n) is 2.38. The molecule has 1 aromatic carbocycles. The van der Waals surface area contributed by atoms with Crippen molar-refractivity contribution in [2.75, 3.05) is 0 Å². The van der Waals surface area contributed by atoms with Crippen LogP contribution in [0.2, 0.25) is 0 Å². The van der Waals surface area contributed by atoms with Gasteiger partial charge in [-0.25, -0.2) is 0 Å². The van der Waals surface area contributed by atoms with Crippen LogP contribution in [0.1, 0.15) is 0 Å². The maximum absolute atomic E-state index is 4.84. The molecule has 12 heavy (non-hydrogen) atoms. The normalized spacial score (nSPS) is 10.1. The lowest BCUT2D eigenvalue weighted by molar-refractivity contribution is 0.421. The van der Waals surface area contributed by atoms with Crippen molar-refractivity contribution in [3.63, 3.8) is 0 Å². The molecule has 0 aliphatic carbocycles. The first-order chi connectivity index (χ1) is 5.88. The van der Waals surface area contributed by atoms with Gasteiger partial charge in [0, 0.05) is 5.56 Å². The van der Waals surface area contributed by atoms with Gasteiger partial charge in [0.15, 0.2) is 0 Å². The first kappa shape index (κ1) is 7.79. The van der Waals surface area contributed by atoms with Crippen molar-refractivity contribution < 1.29 is 4.52 Å². The topological polar surface area (TPSA) is 26.0 Å². The summed E-state index contributed by atoms with van der Waals surface area (Å²) in [5.41, 5.74) is 2.01. The van der Waals surface area contributed by atoms with Crippen LogP contribution >= 0.6 is 22.6 Å². The van der Waals surface area contributed by atoms with E-state index in [0.717, 1.165) is 14.8 Å². The van der Waals surface area contributed by atoms with Crippen LogP contribution in [0.4, 0.5) is 0 Å². The average Bonchev–Trinajstić information content (AvgIpc) is 2.53. The number of hydrogen-bond acceptors (Lipinski definition) is 2. The van der Waals surface area contributed by atoms with E-state index < -0.39 is 0 Å². The van der Waals surface area contributed by atoms with Crippen molar-refractivity contribution in [3.8, 4) is 11.3 Å². The van der Waals surface area contributed by atoms with Crippen molar-refractivity contribution in [2.24, 2.45) is 0 Å². The minimum absolute atomic E-state index is 0.913. The summed E-state index contributed by atoms with van der Waals surface area (Å²) in [6.07, 6.45) is 1.64. The van der Waals surface area contributed by atoms with E-state index in [9.17, 15) is 0 Å². The smallest absolute Gasteiger partial charge is 0.137 e. The summed E-state index contributed by atoms with van der Waals surface area (Å²) in [5.74, 6) is 0. The van der Waals surface area contributed by atoms with Crippen LogP contribution in [0.3, 0.4) is 0 Å². The number of nitrogens with zero attached hydrogens (tertiary/aromatic N) is 1. The second-order valence-corrected chi connectivity index (χ2v) is 3.54. The summed E-state index contributed by atoms with van der Waals surface area (Å²) >= 11 is 2.20. The van der Waals surface area contributed by atoms with Gasteiger partial charge in [0.1, 0.15) is 12.0 Å². The van der Waals surface area contributed by atoms with E-state index in [2.05, 4.69) is 27.7 Å². The predicted molar refractivity (Wildman–Crippen MR) is 54.7 cm³/mol. The lowest BCUT2D eigenvalue weighted by Crippen LogP contribution is -1.77. The van der Waals surface area contributed by atoms with Gasteiger partial charge in [-0.05, 0) is 22.6 Å². The van der Waals surface area contributed by atoms with E-state index in [1.165, 1.54) is 0 Å². The number of rotatable bonds is 1. The SMILES string of the molecule is Ic1conc1-c1ccccc1. The highest BCUT2D eigenvalue weighted by Crippen LogP contribution is 2.22. The molecule has 60 valence electrons. The zero-order chi connectivity index (χ0) is 8.39. The molecule has 2 nitrogen and oxygen atoms in total. The molecule has 0 amide bonds. The van der Waals surface area contributed by atoms with Gasteiger partial charge >= 0.3 is 0 Å². The van der Waals surface area contributed by atoms with Gasteiger partial charge in [0.25, 0.3) is 0 Å². The van der Waals surface area contributed by atoms with Gasteiger partial charge in [-0.2, -0.15) is 0 Å². The maximum Gasteiger partial charge on any atom is 0.137 e. The largest absolute Gasteiger partial charge is 0.363 e. The summed E-state index contributed by atoms with van der Waals surface area (Å²) in [4.78, 5) is 0. The Morgan fingerprint density at radius 1 is 1.17 bits per heavy atom. The van der Waals surface area contributed by atoms with E-state index in [4.69, 9.17) is 4.52 Å². The molecule has 0 saturated heterocycles. The standard InChI is InChI=1S/C9H6INO/c10-8-6-12-11-9(8)7-4-2-1-3-5-7/h1-6H. The molecule has 0 aliphatic rings. The number of halogens is 1. The summed E-state index contributed by atoms with van der Waals surface area (Å²) in [5, 5.41) is 3.90. The van der Waals surface area contributed by atoms with Crippen molar-refractivity contribution in [1.29, 1.82) is 0 Å². The highest BCUT2D eigenvalue weighted by Gasteiger charge is 2.05. The van der Waals surface area contributed by atoms with E-state index in [-0.39, 0.29) is 0 Å². The van der Waals surface area contributed by atoms with Crippen LogP contribution in [0.15, 0.2) is 41.1 Å². The third-order valence-electron chi connectivity index (χ3n) is 1.57. The Bertz CT molecular complexity index is 369. The first-order valence-electron chi connectivity index (χ1n) is 3.53. The summed E-state index contributed by atoms with van der Waals surface area (Å²) in [7, 11) is 0. The molecule has 3 heteroatoms. The van der Waals surface area contributed by atoms with Crippen LogP contribution in [0, 0.1) is 3.57 Å². The molecule has 0 bridgehead atoms. The Kier molecular flexibility index (Phi) is 2.12. The van der Waals surface area contributed by atoms with Gasteiger partial charge in [-0.1, -0.05) is 35.5 Å². The van der Waals surface area contributed by atoms with Gasteiger partial charge < -0.3 is 4.52 Å². The fourth-order valence-corrected chi connectivity index (χ4v) is 1.53. The van der Waals surface area contributed by atoms with Crippen molar-refractivity contribution in [1.82, 2.24) is 5.16 Å². The molecule has 1 heterocycles. The number of benzene rings is 1. The van der Waals surface area contributed by atoms with E-state index in [1.54, 1.807) is 6.26 Å². The Morgan fingerprint density at radius 3 is 2.50 bits per heavy atom. The first-order valence-corrected chi connectivity index (χ1v) is 4.61. The van der Waals surface area contributed by atoms with Gasteiger partial charge in [-0.15, -0.1) is 0 Å². The molecule has 0 radical (unpaired) electrons. The Hall–Kier alpha value is -0.840. The fraction of sp³-hybridized carbons (Fsp3) is 0. The second kappa shape index (κ2) is 3.26. The highest BCUT2D eigenvalue weighted by atomic mass is 127. The minimum atomic E-state index is 0.913. The van der Waals surface area contributed by atoms with Crippen LogP contribution in [-0.4, -0.2) is 5.16 Å². The monoisotopic (exact) mass is 271 g/mol. The Morgan fingerprint density at radius 2 is 1.92 bits per heavy atom. The molecule has 2 aromatic rings. The maximum atomic E-state index is 4.84. The van der Waals surface area contributed by atoms with Gasteiger partial charge in [0.05, 0.1) is 3.57 Å². The quantitative estimate of drug-likeness (QED) is 0.745. The highest BCUT2D eigenvalue weighted by molar-refractivity contribution is 14.1. The summed E-state index contributed by atoms with van der Waals surface area (Å²) < 4.78 is 5.88. The van der Waals surface area contributed by atoms with Crippen molar-refractivity contribution >= 4 is 22.6 Å². The van der Waals surface area contributed by atoms with Crippen LogP contribution in [-0.2, 0) is 0 Å². The fourth-order valence-electron chi connectivity index (χ4n) is 1.01.